The standard InChI is InChI=1S/C14H20O4/c1-18-13(17)11(12(15)16)14-5-8-2-9(6-14)4-10(3-8)7-14/h8-11H,2-7H2,1H3,(H,15,16)/t8?,9?,10?,11-,14?/m1/s1. The van der Waals surface area contributed by atoms with Crippen molar-refractivity contribution in [1.29, 1.82) is 0 Å². The molecule has 1 atom stereocenters. The number of esters is 1. The number of aliphatic carboxylic acids is 1. The van der Waals surface area contributed by atoms with Crippen LogP contribution in [0.3, 0.4) is 0 Å². The van der Waals surface area contributed by atoms with Crippen molar-refractivity contribution in [3.05, 3.63) is 0 Å². The third-order valence-corrected chi connectivity index (χ3v) is 5.38. The van der Waals surface area contributed by atoms with Crippen LogP contribution in [0, 0.1) is 29.1 Å². The molecule has 4 bridgehead atoms. The van der Waals surface area contributed by atoms with E-state index in [1.165, 1.54) is 26.4 Å². The van der Waals surface area contributed by atoms with Crippen LogP contribution in [-0.2, 0) is 14.3 Å². The molecule has 0 aromatic rings. The maximum atomic E-state index is 11.9. The predicted octanol–water partition coefficient (Wildman–Crippen LogP) is 2.08. The van der Waals surface area contributed by atoms with Gasteiger partial charge in [0.25, 0.3) is 0 Å². The first-order valence-electron chi connectivity index (χ1n) is 6.85. The fourth-order valence-corrected chi connectivity index (χ4v) is 5.26. The van der Waals surface area contributed by atoms with Crippen LogP contribution in [0.15, 0.2) is 0 Å². The number of hydrogen-bond acceptors (Lipinski definition) is 3. The van der Waals surface area contributed by atoms with Crippen molar-refractivity contribution in [3.63, 3.8) is 0 Å². The summed E-state index contributed by atoms with van der Waals surface area (Å²) in [6.07, 6.45) is 6.45. The zero-order valence-corrected chi connectivity index (χ0v) is 10.7. The largest absolute Gasteiger partial charge is 0.481 e. The van der Waals surface area contributed by atoms with Gasteiger partial charge in [-0.3, -0.25) is 9.59 Å². The van der Waals surface area contributed by atoms with Crippen LogP contribution in [0.25, 0.3) is 0 Å². The number of carboxylic acid groups (broad SMARTS) is 1. The molecule has 0 aromatic carbocycles. The molecule has 0 saturated heterocycles. The number of carbonyl (C=O) groups excluding carboxylic acids is 1. The molecule has 4 fully saturated rings. The lowest BCUT2D eigenvalue weighted by Gasteiger charge is -2.58. The SMILES string of the molecule is COC(=O)[C@@H](C(=O)O)C12CC3CC(CC(C3)C1)C2. The molecule has 4 rings (SSSR count). The highest BCUT2D eigenvalue weighted by Gasteiger charge is 2.58. The summed E-state index contributed by atoms with van der Waals surface area (Å²) in [4.78, 5) is 23.4. The minimum absolute atomic E-state index is 0.312. The molecule has 0 unspecified atom stereocenters. The summed E-state index contributed by atoms with van der Waals surface area (Å²) in [6.45, 7) is 0. The van der Waals surface area contributed by atoms with E-state index >= 15 is 0 Å². The Hall–Kier alpha value is -1.06. The first-order chi connectivity index (χ1) is 8.54. The molecule has 1 N–H and O–H groups in total. The Bertz CT molecular complexity index is 352. The van der Waals surface area contributed by atoms with E-state index in [0.717, 1.165) is 19.3 Å². The number of hydrogen-bond donors (Lipinski definition) is 1. The third kappa shape index (κ3) is 1.65. The maximum Gasteiger partial charge on any atom is 0.320 e. The molecule has 100 valence electrons. The van der Waals surface area contributed by atoms with E-state index < -0.39 is 17.9 Å². The normalized spacial score (nSPS) is 42.6. The molecule has 0 aromatic heterocycles. The van der Waals surface area contributed by atoms with Gasteiger partial charge in [-0.1, -0.05) is 0 Å². The molecular formula is C14H20O4. The fraction of sp³-hybridized carbons (Fsp3) is 0.857. The second-order valence-corrected chi connectivity index (χ2v) is 6.57. The molecule has 4 aliphatic carbocycles. The van der Waals surface area contributed by atoms with Gasteiger partial charge < -0.3 is 9.84 Å². The van der Waals surface area contributed by atoms with Crippen molar-refractivity contribution in [3.8, 4) is 0 Å². The third-order valence-electron chi connectivity index (χ3n) is 5.38. The molecule has 4 aliphatic rings. The van der Waals surface area contributed by atoms with Crippen LogP contribution in [0.5, 0.6) is 0 Å². The summed E-state index contributed by atoms with van der Waals surface area (Å²) in [7, 11) is 1.29. The van der Waals surface area contributed by atoms with Crippen molar-refractivity contribution >= 4 is 11.9 Å². The summed E-state index contributed by atoms with van der Waals surface area (Å²) in [6, 6.07) is 0. The topological polar surface area (TPSA) is 63.6 Å². The Labute approximate surface area is 107 Å². The van der Waals surface area contributed by atoms with Crippen LogP contribution in [0.2, 0.25) is 0 Å². The van der Waals surface area contributed by atoms with Crippen LogP contribution in [0.4, 0.5) is 0 Å². The molecule has 0 radical (unpaired) electrons. The molecule has 0 amide bonds. The zero-order valence-electron chi connectivity index (χ0n) is 10.7. The van der Waals surface area contributed by atoms with Crippen molar-refractivity contribution in [2.24, 2.45) is 29.1 Å². The van der Waals surface area contributed by atoms with Gasteiger partial charge in [-0.2, -0.15) is 0 Å². The molecule has 4 heteroatoms. The monoisotopic (exact) mass is 252 g/mol. The number of methoxy groups -OCH3 is 1. The summed E-state index contributed by atoms with van der Waals surface area (Å²) in [5, 5.41) is 9.43. The van der Waals surface area contributed by atoms with E-state index in [0.29, 0.717) is 17.8 Å². The quantitative estimate of drug-likeness (QED) is 0.617. The second kappa shape index (κ2) is 3.97. The van der Waals surface area contributed by atoms with Crippen molar-refractivity contribution in [2.75, 3.05) is 7.11 Å². The summed E-state index contributed by atoms with van der Waals surface area (Å²) < 4.78 is 4.74. The van der Waals surface area contributed by atoms with E-state index in [1.54, 1.807) is 0 Å². The predicted molar refractivity (Wildman–Crippen MR) is 63.7 cm³/mol. The average Bonchev–Trinajstić information content (AvgIpc) is 2.25. The number of rotatable bonds is 3. The highest BCUT2D eigenvalue weighted by Crippen LogP contribution is 2.62. The molecule has 4 saturated carbocycles. The van der Waals surface area contributed by atoms with Crippen molar-refractivity contribution in [1.82, 2.24) is 0 Å². The lowest BCUT2D eigenvalue weighted by atomic mass is 9.46. The van der Waals surface area contributed by atoms with Gasteiger partial charge in [0.2, 0.25) is 0 Å². The van der Waals surface area contributed by atoms with Crippen LogP contribution in [0.1, 0.15) is 38.5 Å². The zero-order chi connectivity index (χ0) is 12.9. The molecule has 0 spiro atoms. The summed E-state index contributed by atoms with van der Waals surface area (Å²) in [5.41, 5.74) is -0.312. The fourth-order valence-electron chi connectivity index (χ4n) is 5.26. The Morgan fingerprint density at radius 1 is 1.11 bits per heavy atom. The van der Waals surface area contributed by atoms with E-state index in [-0.39, 0.29) is 5.41 Å². The first-order valence-corrected chi connectivity index (χ1v) is 6.85. The van der Waals surface area contributed by atoms with Gasteiger partial charge in [-0.15, -0.1) is 0 Å². The van der Waals surface area contributed by atoms with Gasteiger partial charge in [0, 0.05) is 0 Å². The van der Waals surface area contributed by atoms with Gasteiger partial charge >= 0.3 is 11.9 Å². The van der Waals surface area contributed by atoms with Crippen LogP contribution >= 0.6 is 0 Å². The van der Waals surface area contributed by atoms with E-state index in [4.69, 9.17) is 4.74 Å². The maximum absolute atomic E-state index is 11.9. The van der Waals surface area contributed by atoms with Gasteiger partial charge in [0.15, 0.2) is 5.92 Å². The van der Waals surface area contributed by atoms with Crippen molar-refractivity contribution in [2.45, 2.75) is 38.5 Å². The van der Waals surface area contributed by atoms with E-state index in [2.05, 4.69) is 0 Å². The molecule has 0 aliphatic heterocycles. The lowest BCUT2D eigenvalue weighted by Crippen LogP contribution is -2.53. The molecule has 0 heterocycles. The lowest BCUT2D eigenvalue weighted by molar-refractivity contribution is -0.174. The van der Waals surface area contributed by atoms with E-state index in [9.17, 15) is 14.7 Å². The molecule has 18 heavy (non-hydrogen) atoms. The highest BCUT2D eigenvalue weighted by molar-refractivity contribution is 5.95. The average molecular weight is 252 g/mol. The second-order valence-electron chi connectivity index (χ2n) is 6.57. The van der Waals surface area contributed by atoms with E-state index in [1.807, 2.05) is 0 Å². The number of carbonyl (C=O) groups is 2. The van der Waals surface area contributed by atoms with Gasteiger partial charge in [-0.25, -0.2) is 0 Å². The van der Waals surface area contributed by atoms with Crippen molar-refractivity contribution < 1.29 is 19.4 Å². The Balaban J connectivity index is 1.93. The highest BCUT2D eigenvalue weighted by atomic mass is 16.5. The molecular weight excluding hydrogens is 232 g/mol. The van der Waals surface area contributed by atoms with Crippen LogP contribution < -0.4 is 0 Å². The number of carboxylic acids is 1. The van der Waals surface area contributed by atoms with Gasteiger partial charge in [0.05, 0.1) is 7.11 Å². The summed E-state index contributed by atoms with van der Waals surface area (Å²) in [5.74, 6) is -0.572. The minimum atomic E-state index is -0.996. The van der Waals surface area contributed by atoms with Gasteiger partial charge in [0.1, 0.15) is 0 Å². The smallest absolute Gasteiger partial charge is 0.320 e. The van der Waals surface area contributed by atoms with Crippen LogP contribution in [-0.4, -0.2) is 24.2 Å². The number of ether oxygens (including phenoxy) is 1. The first kappa shape index (κ1) is 12.0. The van der Waals surface area contributed by atoms with Gasteiger partial charge in [-0.05, 0) is 61.7 Å². The Morgan fingerprint density at radius 2 is 1.56 bits per heavy atom. The Morgan fingerprint density at radius 3 is 1.89 bits per heavy atom. The Kier molecular flexibility index (Phi) is 2.65. The minimum Gasteiger partial charge on any atom is -0.481 e. The molecule has 4 nitrogen and oxygen atoms in total. The summed E-state index contributed by atoms with van der Waals surface area (Å²) >= 11 is 0.